The number of aromatic carboxylic acids is 1. The van der Waals surface area contributed by atoms with Gasteiger partial charge < -0.3 is 15.6 Å². The van der Waals surface area contributed by atoms with Crippen LogP contribution in [0.25, 0.3) is 0 Å². The summed E-state index contributed by atoms with van der Waals surface area (Å²) < 4.78 is 5.30. The zero-order valence-corrected chi connectivity index (χ0v) is 9.59. The number of hydroxylamine groups is 1. The average Bonchev–Trinajstić information content (AvgIpc) is 2.34. The molecule has 0 spiro atoms. The summed E-state index contributed by atoms with van der Waals surface area (Å²) in [5, 5.41) is 8.69. The van der Waals surface area contributed by atoms with E-state index < -0.39 is 11.9 Å². The lowest BCUT2D eigenvalue weighted by Gasteiger charge is -2.07. The number of hydrogen-bond acceptors (Lipinski definition) is 5. The summed E-state index contributed by atoms with van der Waals surface area (Å²) in [7, 11) is 0. The maximum atomic E-state index is 10.6. The maximum Gasteiger partial charge on any atom is 0.335 e. The van der Waals surface area contributed by atoms with Gasteiger partial charge in [0.25, 0.3) is 0 Å². The van der Waals surface area contributed by atoms with Crippen molar-refractivity contribution in [2.75, 3.05) is 19.8 Å². The van der Waals surface area contributed by atoms with Crippen LogP contribution in [0.3, 0.4) is 0 Å². The molecule has 1 amide bonds. The van der Waals surface area contributed by atoms with Crippen molar-refractivity contribution in [1.29, 1.82) is 0 Å². The number of nitrogens with two attached hydrogens (primary N) is 1. The largest absolute Gasteiger partial charge is 0.492 e. The van der Waals surface area contributed by atoms with Gasteiger partial charge in [-0.1, -0.05) is 0 Å². The van der Waals surface area contributed by atoms with Crippen molar-refractivity contribution in [3.63, 3.8) is 0 Å². The summed E-state index contributed by atoms with van der Waals surface area (Å²) in [5.41, 5.74) is 7.55. The minimum absolute atomic E-state index is 0.199. The Morgan fingerprint density at radius 1 is 1.28 bits per heavy atom. The molecule has 4 N–H and O–H groups in total. The highest BCUT2D eigenvalue weighted by Gasteiger charge is 2.01. The Kier molecular flexibility index (Phi) is 5.62. The summed E-state index contributed by atoms with van der Waals surface area (Å²) in [5.74, 6) is -0.993. The van der Waals surface area contributed by atoms with Crippen LogP contribution in [0.4, 0.5) is 0 Å². The Labute approximate surface area is 103 Å². The fourth-order valence-corrected chi connectivity index (χ4v) is 1.10. The molecule has 0 aliphatic rings. The van der Waals surface area contributed by atoms with E-state index in [0.717, 1.165) is 0 Å². The van der Waals surface area contributed by atoms with Crippen molar-refractivity contribution >= 4 is 11.9 Å². The van der Waals surface area contributed by atoms with E-state index in [1.807, 2.05) is 0 Å². The van der Waals surface area contributed by atoms with Gasteiger partial charge in [-0.2, -0.15) is 5.48 Å². The Hall–Kier alpha value is -2.12. The normalized spacial score (nSPS) is 10.0. The molecule has 7 nitrogen and oxygen atoms in total. The first-order chi connectivity index (χ1) is 8.59. The van der Waals surface area contributed by atoms with Crippen molar-refractivity contribution in [2.24, 2.45) is 5.73 Å². The highest BCUT2D eigenvalue weighted by Crippen LogP contribution is 2.11. The molecule has 1 aromatic rings. The number of carboxylic acid groups (broad SMARTS) is 1. The highest BCUT2D eigenvalue weighted by atomic mass is 16.6. The smallest absolute Gasteiger partial charge is 0.335 e. The molecule has 1 aromatic carbocycles. The van der Waals surface area contributed by atoms with E-state index >= 15 is 0 Å². The molecule has 7 heteroatoms. The quantitative estimate of drug-likeness (QED) is 0.436. The molecule has 0 unspecified atom stereocenters. The Morgan fingerprint density at radius 3 is 2.50 bits per heavy atom. The van der Waals surface area contributed by atoms with E-state index in [4.69, 9.17) is 20.4 Å². The molecule has 0 radical (unpaired) electrons. The van der Waals surface area contributed by atoms with Crippen molar-refractivity contribution in [1.82, 2.24) is 5.48 Å². The zero-order valence-electron chi connectivity index (χ0n) is 9.59. The van der Waals surface area contributed by atoms with Crippen LogP contribution >= 0.6 is 0 Å². The standard InChI is InChI=1S/C11H14N2O5/c12-10(14)7-18-13-5-6-17-9-3-1-8(2-4-9)11(15)16/h1-4,13H,5-7H2,(H2,12,14)(H,15,16). The summed E-state index contributed by atoms with van der Waals surface area (Å²) in [6.45, 7) is 0.479. The van der Waals surface area contributed by atoms with Crippen LogP contribution in [-0.4, -0.2) is 36.7 Å². The second-order valence-electron chi connectivity index (χ2n) is 3.33. The summed E-state index contributed by atoms with van der Waals surface area (Å²) >= 11 is 0. The SMILES string of the molecule is NC(=O)CONCCOc1ccc(C(=O)O)cc1. The predicted molar refractivity (Wildman–Crippen MR) is 62.0 cm³/mol. The lowest BCUT2D eigenvalue weighted by Crippen LogP contribution is -2.27. The van der Waals surface area contributed by atoms with Crippen LogP contribution in [0, 0.1) is 0 Å². The lowest BCUT2D eigenvalue weighted by atomic mass is 10.2. The lowest BCUT2D eigenvalue weighted by molar-refractivity contribution is -0.125. The summed E-state index contributed by atoms with van der Waals surface area (Å²) in [6, 6.07) is 6.03. The first-order valence-corrected chi connectivity index (χ1v) is 5.18. The number of nitrogens with one attached hydrogen (secondary N) is 1. The van der Waals surface area contributed by atoms with E-state index in [1.54, 1.807) is 12.1 Å². The van der Waals surface area contributed by atoms with E-state index in [-0.39, 0.29) is 12.2 Å². The molecule has 1 rings (SSSR count). The predicted octanol–water partition coefficient (Wildman–Crippen LogP) is -0.230. The number of amides is 1. The van der Waals surface area contributed by atoms with Gasteiger partial charge in [0, 0.05) is 0 Å². The minimum Gasteiger partial charge on any atom is -0.492 e. The van der Waals surface area contributed by atoms with Gasteiger partial charge in [0.15, 0.2) is 0 Å². The van der Waals surface area contributed by atoms with Crippen LogP contribution < -0.4 is 16.0 Å². The van der Waals surface area contributed by atoms with Crippen molar-refractivity contribution in [3.8, 4) is 5.75 Å². The number of carboxylic acids is 1. The molecule has 0 saturated heterocycles. The molecule has 0 aliphatic heterocycles. The molecule has 0 saturated carbocycles. The van der Waals surface area contributed by atoms with Gasteiger partial charge in [-0.3, -0.25) is 9.63 Å². The fourth-order valence-electron chi connectivity index (χ4n) is 1.10. The molecule has 0 atom stereocenters. The fraction of sp³-hybridized carbons (Fsp3) is 0.273. The van der Waals surface area contributed by atoms with Crippen LogP contribution in [0.2, 0.25) is 0 Å². The molecular weight excluding hydrogens is 240 g/mol. The Bertz CT molecular complexity index is 404. The summed E-state index contributed by atoms with van der Waals surface area (Å²) in [6.07, 6.45) is 0. The van der Waals surface area contributed by atoms with E-state index in [1.165, 1.54) is 12.1 Å². The van der Waals surface area contributed by atoms with Crippen molar-refractivity contribution < 1.29 is 24.3 Å². The van der Waals surface area contributed by atoms with Gasteiger partial charge in [-0.05, 0) is 24.3 Å². The van der Waals surface area contributed by atoms with E-state index in [9.17, 15) is 9.59 Å². The van der Waals surface area contributed by atoms with Crippen LogP contribution in [0.15, 0.2) is 24.3 Å². The minimum atomic E-state index is -0.983. The maximum absolute atomic E-state index is 10.6. The van der Waals surface area contributed by atoms with Crippen molar-refractivity contribution in [3.05, 3.63) is 29.8 Å². The second-order valence-corrected chi connectivity index (χ2v) is 3.33. The molecule has 0 aliphatic carbocycles. The molecule has 18 heavy (non-hydrogen) atoms. The number of carbonyl (C=O) groups excluding carboxylic acids is 1. The van der Waals surface area contributed by atoms with Gasteiger partial charge >= 0.3 is 5.97 Å². The van der Waals surface area contributed by atoms with E-state index in [0.29, 0.717) is 18.9 Å². The van der Waals surface area contributed by atoms with Crippen LogP contribution in [-0.2, 0) is 9.63 Å². The van der Waals surface area contributed by atoms with Crippen LogP contribution in [0.1, 0.15) is 10.4 Å². The van der Waals surface area contributed by atoms with Gasteiger partial charge in [0.05, 0.1) is 12.1 Å². The number of carbonyl (C=O) groups is 2. The number of hydrogen-bond donors (Lipinski definition) is 3. The number of primary amides is 1. The molecule has 0 aromatic heterocycles. The monoisotopic (exact) mass is 254 g/mol. The number of ether oxygens (including phenoxy) is 1. The molecular formula is C11H14N2O5. The third-order valence-corrected chi connectivity index (χ3v) is 1.89. The first kappa shape index (κ1) is 13.9. The molecule has 0 fully saturated rings. The third kappa shape index (κ3) is 5.28. The molecule has 0 bridgehead atoms. The number of benzene rings is 1. The van der Waals surface area contributed by atoms with E-state index in [2.05, 4.69) is 5.48 Å². The topological polar surface area (TPSA) is 111 Å². The first-order valence-electron chi connectivity index (χ1n) is 5.18. The Balaban J connectivity index is 2.19. The third-order valence-electron chi connectivity index (χ3n) is 1.89. The molecule has 0 heterocycles. The second kappa shape index (κ2) is 7.25. The number of rotatable bonds is 8. The van der Waals surface area contributed by atoms with Crippen LogP contribution in [0.5, 0.6) is 5.75 Å². The Morgan fingerprint density at radius 2 is 1.94 bits per heavy atom. The van der Waals surface area contributed by atoms with Gasteiger partial charge in [-0.25, -0.2) is 4.79 Å². The van der Waals surface area contributed by atoms with Gasteiger partial charge in [0.1, 0.15) is 19.0 Å². The van der Waals surface area contributed by atoms with Crippen molar-refractivity contribution in [2.45, 2.75) is 0 Å². The average molecular weight is 254 g/mol. The molecule has 98 valence electrons. The van der Waals surface area contributed by atoms with Gasteiger partial charge in [-0.15, -0.1) is 0 Å². The van der Waals surface area contributed by atoms with Gasteiger partial charge in [0.2, 0.25) is 5.91 Å². The highest BCUT2D eigenvalue weighted by molar-refractivity contribution is 5.87. The summed E-state index contributed by atoms with van der Waals surface area (Å²) in [4.78, 5) is 25.6. The zero-order chi connectivity index (χ0) is 13.4.